The van der Waals surface area contributed by atoms with Gasteiger partial charge < -0.3 is 5.32 Å². The maximum Gasteiger partial charge on any atom is 0.217 e. The maximum atomic E-state index is 11.2. The van der Waals surface area contributed by atoms with E-state index < -0.39 is 6.04 Å². The number of ketones is 1. The van der Waals surface area contributed by atoms with Crippen LogP contribution in [0.4, 0.5) is 0 Å². The number of carbonyl (C=O) groups is 2. The third kappa shape index (κ3) is 5.62. The summed E-state index contributed by atoms with van der Waals surface area (Å²) in [6.45, 7) is 10.0. The summed E-state index contributed by atoms with van der Waals surface area (Å²) < 4.78 is 0. The number of rotatable bonds is 6. The fourth-order valence-electron chi connectivity index (χ4n) is 1.15. The monoisotopic (exact) mass is 207 g/mol. The van der Waals surface area contributed by atoms with E-state index in [1.165, 1.54) is 13.8 Å². The summed E-state index contributed by atoms with van der Waals surface area (Å²) in [5, 5.41) is 2.59. The van der Waals surface area contributed by atoms with Gasteiger partial charge in [0.25, 0.3) is 0 Å². The summed E-state index contributed by atoms with van der Waals surface area (Å²) in [7, 11) is 0. The summed E-state index contributed by atoms with van der Waals surface area (Å²) in [5.41, 5.74) is 0.874. The van der Waals surface area contributed by atoms with Gasteiger partial charge in [0.15, 0.2) is 5.78 Å². The van der Waals surface area contributed by atoms with Gasteiger partial charge in [-0.15, -0.1) is 0 Å². The summed E-state index contributed by atoms with van der Waals surface area (Å²) in [6, 6.07) is -0.480. The SMILES string of the molecule is C=C/C=C(\C=C)C[C@H](NC(C)=O)C(C)=O. The zero-order valence-corrected chi connectivity index (χ0v) is 9.25. The molecule has 0 radical (unpaired) electrons. The predicted molar refractivity (Wildman–Crippen MR) is 61.4 cm³/mol. The van der Waals surface area contributed by atoms with Crippen molar-refractivity contribution in [2.24, 2.45) is 0 Å². The molecule has 0 aliphatic rings. The average molecular weight is 207 g/mol. The van der Waals surface area contributed by atoms with Crippen LogP contribution in [-0.4, -0.2) is 17.7 Å². The number of hydrogen-bond donors (Lipinski definition) is 1. The van der Waals surface area contributed by atoms with Crippen LogP contribution in [0, 0.1) is 0 Å². The Hall–Kier alpha value is -1.64. The Morgan fingerprint density at radius 2 is 1.93 bits per heavy atom. The van der Waals surface area contributed by atoms with Crippen molar-refractivity contribution in [2.75, 3.05) is 0 Å². The highest BCUT2D eigenvalue weighted by molar-refractivity contribution is 5.86. The minimum absolute atomic E-state index is 0.0676. The minimum atomic E-state index is -0.480. The molecule has 82 valence electrons. The first-order valence-electron chi connectivity index (χ1n) is 4.72. The molecule has 0 aromatic rings. The van der Waals surface area contributed by atoms with Crippen molar-refractivity contribution in [1.82, 2.24) is 5.32 Å². The molecule has 1 amide bonds. The molecule has 0 aromatic carbocycles. The number of nitrogens with one attached hydrogen (secondary N) is 1. The van der Waals surface area contributed by atoms with E-state index in [1.54, 1.807) is 18.2 Å². The topological polar surface area (TPSA) is 46.2 Å². The minimum Gasteiger partial charge on any atom is -0.346 e. The molecule has 0 bridgehead atoms. The fourth-order valence-corrected chi connectivity index (χ4v) is 1.15. The van der Waals surface area contributed by atoms with Crippen LogP contribution in [0.5, 0.6) is 0 Å². The van der Waals surface area contributed by atoms with Gasteiger partial charge in [0.2, 0.25) is 5.91 Å². The van der Waals surface area contributed by atoms with Gasteiger partial charge in [-0.3, -0.25) is 9.59 Å². The lowest BCUT2D eigenvalue weighted by atomic mass is 10.0. The molecule has 0 unspecified atom stereocenters. The molecule has 0 heterocycles. The van der Waals surface area contributed by atoms with Crippen molar-refractivity contribution in [3.8, 4) is 0 Å². The zero-order valence-electron chi connectivity index (χ0n) is 9.25. The van der Waals surface area contributed by atoms with Gasteiger partial charge in [-0.1, -0.05) is 31.4 Å². The maximum absolute atomic E-state index is 11.2. The molecule has 0 aromatic heterocycles. The van der Waals surface area contributed by atoms with Crippen LogP contribution in [0.2, 0.25) is 0 Å². The van der Waals surface area contributed by atoms with Crippen molar-refractivity contribution < 1.29 is 9.59 Å². The number of allylic oxidation sites excluding steroid dienone is 3. The van der Waals surface area contributed by atoms with Crippen LogP contribution >= 0.6 is 0 Å². The third-order valence-electron chi connectivity index (χ3n) is 1.90. The molecule has 3 nitrogen and oxygen atoms in total. The second kappa shape index (κ2) is 6.76. The van der Waals surface area contributed by atoms with Gasteiger partial charge in [0, 0.05) is 6.92 Å². The highest BCUT2D eigenvalue weighted by atomic mass is 16.2. The first-order valence-corrected chi connectivity index (χ1v) is 4.72. The molecule has 0 saturated heterocycles. The van der Waals surface area contributed by atoms with Gasteiger partial charge in [0.1, 0.15) is 0 Å². The van der Waals surface area contributed by atoms with Gasteiger partial charge in [-0.25, -0.2) is 0 Å². The lowest BCUT2D eigenvalue weighted by Gasteiger charge is -2.14. The van der Waals surface area contributed by atoms with Gasteiger partial charge >= 0.3 is 0 Å². The molecule has 15 heavy (non-hydrogen) atoms. The highest BCUT2D eigenvalue weighted by Crippen LogP contribution is 2.08. The molecule has 0 aliphatic carbocycles. The van der Waals surface area contributed by atoms with Gasteiger partial charge in [0.05, 0.1) is 6.04 Å². The summed E-state index contributed by atoms with van der Waals surface area (Å²) in [5.74, 6) is -0.278. The van der Waals surface area contributed by atoms with E-state index in [0.29, 0.717) is 6.42 Å². The highest BCUT2D eigenvalue weighted by Gasteiger charge is 2.15. The predicted octanol–water partition coefficient (Wildman–Crippen LogP) is 1.77. The Kier molecular flexibility index (Phi) is 6.02. The van der Waals surface area contributed by atoms with Crippen LogP contribution in [0.15, 0.2) is 37.0 Å². The molecule has 0 fully saturated rings. The largest absolute Gasteiger partial charge is 0.346 e. The molecule has 1 N–H and O–H groups in total. The van der Waals surface area contributed by atoms with Gasteiger partial charge in [-0.05, 0) is 18.9 Å². The quantitative estimate of drug-likeness (QED) is 0.675. The molecule has 0 spiro atoms. The Labute approximate surface area is 90.6 Å². The first-order chi connectivity index (χ1) is 7.01. The number of Topliss-reactive ketones (excluding diaryl/α,β-unsaturated/α-hetero) is 1. The number of hydrogen-bond acceptors (Lipinski definition) is 2. The third-order valence-corrected chi connectivity index (χ3v) is 1.90. The van der Waals surface area contributed by atoms with E-state index in [4.69, 9.17) is 0 Å². The average Bonchev–Trinajstić information content (AvgIpc) is 2.14. The molecule has 0 saturated carbocycles. The van der Waals surface area contributed by atoms with E-state index in [-0.39, 0.29) is 11.7 Å². The Morgan fingerprint density at radius 1 is 1.33 bits per heavy atom. The van der Waals surface area contributed by atoms with Crippen molar-refractivity contribution in [3.63, 3.8) is 0 Å². The fraction of sp³-hybridized carbons (Fsp3) is 0.333. The molecule has 1 atom stereocenters. The second-order valence-electron chi connectivity index (χ2n) is 3.25. The van der Waals surface area contributed by atoms with Crippen LogP contribution in [0.1, 0.15) is 20.3 Å². The second-order valence-corrected chi connectivity index (χ2v) is 3.25. The lowest BCUT2D eigenvalue weighted by molar-refractivity contribution is -0.125. The van der Waals surface area contributed by atoms with Crippen molar-refractivity contribution in [3.05, 3.63) is 37.0 Å². The van der Waals surface area contributed by atoms with Crippen LogP contribution in [0.25, 0.3) is 0 Å². The summed E-state index contributed by atoms with van der Waals surface area (Å²) in [6.07, 6.45) is 5.50. The normalized spacial score (nSPS) is 12.8. The number of amides is 1. The standard InChI is InChI=1S/C12H17NO2/c1-5-7-11(6-2)8-12(9(3)14)13-10(4)15/h5-7,12H,1-2,8H2,3-4H3,(H,13,15)/b11-7+/t12-/m0/s1. The summed E-state index contributed by atoms with van der Waals surface area (Å²) >= 11 is 0. The number of carbonyl (C=O) groups excluding carboxylic acids is 2. The van der Waals surface area contributed by atoms with Gasteiger partial charge in [-0.2, -0.15) is 0 Å². The molecule has 0 aliphatic heterocycles. The summed E-state index contributed by atoms with van der Waals surface area (Å²) in [4.78, 5) is 22.1. The van der Waals surface area contributed by atoms with Crippen molar-refractivity contribution in [2.45, 2.75) is 26.3 Å². The van der Waals surface area contributed by atoms with E-state index in [9.17, 15) is 9.59 Å². The van der Waals surface area contributed by atoms with E-state index >= 15 is 0 Å². The van der Waals surface area contributed by atoms with Crippen LogP contribution < -0.4 is 5.32 Å². The Bertz CT molecular complexity index is 303. The Balaban J connectivity index is 4.58. The molecule has 3 heteroatoms. The van der Waals surface area contributed by atoms with Crippen LogP contribution in [0.3, 0.4) is 0 Å². The van der Waals surface area contributed by atoms with E-state index in [2.05, 4.69) is 18.5 Å². The first kappa shape index (κ1) is 13.4. The van der Waals surface area contributed by atoms with Crippen molar-refractivity contribution >= 4 is 11.7 Å². The zero-order chi connectivity index (χ0) is 11.8. The van der Waals surface area contributed by atoms with Crippen LogP contribution in [-0.2, 0) is 9.59 Å². The van der Waals surface area contributed by atoms with E-state index in [1.807, 2.05) is 0 Å². The molecular formula is C12H17NO2. The van der Waals surface area contributed by atoms with Crippen molar-refractivity contribution in [1.29, 1.82) is 0 Å². The molecule has 0 rings (SSSR count). The lowest BCUT2D eigenvalue weighted by Crippen LogP contribution is -2.38. The smallest absolute Gasteiger partial charge is 0.217 e. The van der Waals surface area contributed by atoms with E-state index in [0.717, 1.165) is 5.57 Å². The molecular weight excluding hydrogens is 190 g/mol. The Morgan fingerprint density at radius 3 is 2.27 bits per heavy atom.